The van der Waals surface area contributed by atoms with Crippen molar-refractivity contribution >= 4 is 5.97 Å². The number of carboxylic acid groups (broad SMARTS) is 1. The summed E-state index contributed by atoms with van der Waals surface area (Å²) in [4.78, 5) is 17.3. The van der Waals surface area contributed by atoms with Crippen LogP contribution in [0.5, 0.6) is 0 Å². The van der Waals surface area contributed by atoms with Crippen LogP contribution < -0.4 is 0 Å². The molecule has 0 radical (unpaired) electrons. The molecule has 1 fully saturated rings. The third-order valence-corrected chi connectivity index (χ3v) is 3.54. The second kappa shape index (κ2) is 6.00. The van der Waals surface area contributed by atoms with Crippen molar-refractivity contribution in [2.24, 2.45) is 0 Å². The summed E-state index contributed by atoms with van der Waals surface area (Å²) in [6, 6.07) is 0.187. The normalized spacial score (nSPS) is 20.4. The SMILES string of the molecule is CCCn1cncc1CN1CCCC1CC(=O)O. The molecule has 2 rings (SSSR count). The minimum absolute atomic E-state index is 0.187. The van der Waals surface area contributed by atoms with E-state index in [1.54, 1.807) is 0 Å². The quantitative estimate of drug-likeness (QED) is 0.836. The van der Waals surface area contributed by atoms with Gasteiger partial charge in [-0.15, -0.1) is 0 Å². The Balaban J connectivity index is 1.99. The van der Waals surface area contributed by atoms with Crippen LogP contribution >= 0.6 is 0 Å². The number of aromatic nitrogens is 2. The molecule has 0 spiro atoms. The Bertz CT molecular complexity index is 403. The van der Waals surface area contributed by atoms with Crippen LogP contribution in [0.4, 0.5) is 0 Å². The summed E-state index contributed by atoms with van der Waals surface area (Å²) >= 11 is 0. The standard InChI is InChI=1S/C13H21N3O2/c1-2-5-16-10-14-8-12(16)9-15-6-3-4-11(15)7-13(17)18/h8,10-11H,2-7,9H2,1H3,(H,17,18). The summed E-state index contributed by atoms with van der Waals surface area (Å²) in [6.45, 7) is 4.94. The lowest BCUT2D eigenvalue weighted by Crippen LogP contribution is -2.31. The minimum atomic E-state index is -0.700. The van der Waals surface area contributed by atoms with E-state index in [1.807, 2.05) is 12.5 Å². The van der Waals surface area contributed by atoms with Gasteiger partial charge in [-0.1, -0.05) is 6.92 Å². The number of likely N-dealkylation sites (tertiary alicyclic amines) is 1. The van der Waals surface area contributed by atoms with Crippen molar-refractivity contribution in [3.8, 4) is 0 Å². The van der Waals surface area contributed by atoms with E-state index in [0.29, 0.717) is 0 Å². The van der Waals surface area contributed by atoms with Crippen LogP contribution in [0.15, 0.2) is 12.5 Å². The number of carbonyl (C=O) groups is 1. The molecule has 100 valence electrons. The molecule has 0 saturated carbocycles. The predicted octanol–water partition coefficient (Wildman–Crippen LogP) is 1.73. The summed E-state index contributed by atoms with van der Waals surface area (Å²) in [5.74, 6) is -0.700. The molecular formula is C13H21N3O2. The van der Waals surface area contributed by atoms with E-state index in [0.717, 1.165) is 38.9 Å². The van der Waals surface area contributed by atoms with E-state index < -0.39 is 5.97 Å². The van der Waals surface area contributed by atoms with Gasteiger partial charge in [0.25, 0.3) is 0 Å². The van der Waals surface area contributed by atoms with Crippen molar-refractivity contribution in [1.29, 1.82) is 0 Å². The van der Waals surface area contributed by atoms with Gasteiger partial charge in [0.05, 0.1) is 18.4 Å². The zero-order chi connectivity index (χ0) is 13.0. The first-order valence-electron chi connectivity index (χ1n) is 6.65. The number of aliphatic carboxylic acids is 1. The lowest BCUT2D eigenvalue weighted by molar-refractivity contribution is -0.138. The number of hydrogen-bond acceptors (Lipinski definition) is 3. The minimum Gasteiger partial charge on any atom is -0.481 e. The first-order chi connectivity index (χ1) is 8.70. The molecule has 1 atom stereocenters. The van der Waals surface area contributed by atoms with Crippen molar-refractivity contribution in [1.82, 2.24) is 14.5 Å². The Kier molecular flexibility index (Phi) is 4.36. The summed E-state index contributed by atoms with van der Waals surface area (Å²) in [6.07, 6.45) is 7.19. The Labute approximate surface area is 107 Å². The molecular weight excluding hydrogens is 230 g/mol. The maximum atomic E-state index is 10.8. The number of imidazole rings is 1. The molecule has 5 nitrogen and oxygen atoms in total. The molecule has 1 aliphatic rings. The molecule has 1 aromatic heterocycles. The molecule has 0 aliphatic carbocycles. The summed E-state index contributed by atoms with van der Waals surface area (Å²) in [5.41, 5.74) is 1.19. The van der Waals surface area contributed by atoms with Crippen LogP contribution in [0.3, 0.4) is 0 Å². The second-order valence-electron chi connectivity index (χ2n) is 4.94. The number of nitrogens with zero attached hydrogens (tertiary/aromatic N) is 3. The van der Waals surface area contributed by atoms with E-state index in [-0.39, 0.29) is 12.5 Å². The van der Waals surface area contributed by atoms with E-state index >= 15 is 0 Å². The zero-order valence-corrected chi connectivity index (χ0v) is 10.9. The Morgan fingerprint density at radius 1 is 1.61 bits per heavy atom. The van der Waals surface area contributed by atoms with Gasteiger partial charge in [-0.2, -0.15) is 0 Å². The van der Waals surface area contributed by atoms with Crippen molar-refractivity contribution in [2.75, 3.05) is 6.54 Å². The fourth-order valence-electron chi connectivity index (χ4n) is 2.67. The molecule has 1 N–H and O–H groups in total. The maximum absolute atomic E-state index is 10.8. The number of hydrogen-bond donors (Lipinski definition) is 1. The van der Waals surface area contributed by atoms with E-state index in [9.17, 15) is 4.79 Å². The van der Waals surface area contributed by atoms with Gasteiger partial charge in [-0.25, -0.2) is 4.98 Å². The lowest BCUT2D eigenvalue weighted by Gasteiger charge is -2.23. The van der Waals surface area contributed by atoms with Gasteiger partial charge in [-0.05, 0) is 25.8 Å². The van der Waals surface area contributed by atoms with Crippen molar-refractivity contribution in [2.45, 2.75) is 51.7 Å². The van der Waals surface area contributed by atoms with Crippen LogP contribution in [-0.2, 0) is 17.9 Å². The third kappa shape index (κ3) is 3.10. The molecule has 2 heterocycles. The third-order valence-electron chi connectivity index (χ3n) is 3.54. The molecule has 1 unspecified atom stereocenters. The van der Waals surface area contributed by atoms with Crippen molar-refractivity contribution in [3.05, 3.63) is 18.2 Å². The Hall–Kier alpha value is -1.36. The second-order valence-corrected chi connectivity index (χ2v) is 4.94. The van der Waals surface area contributed by atoms with E-state index in [2.05, 4.69) is 21.4 Å². The molecule has 18 heavy (non-hydrogen) atoms. The molecule has 0 bridgehead atoms. The molecule has 5 heteroatoms. The van der Waals surface area contributed by atoms with Crippen LogP contribution in [0.1, 0.15) is 38.3 Å². The van der Waals surface area contributed by atoms with Gasteiger partial charge >= 0.3 is 5.97 Å². The van der Waals surface area contributed by atoms with Crippen LogP contribution in [0.2, 0.25) is 0 Å². The highest BCUT2D eigenvalue weighted by Gasteiger charge is 2.27. The number of carboxylic acids is 1. The highest BCUT2D eigenvalue weighted by Crippen LogP contribution is 2.22. The highest BCUT2D eigenvalue weighted by atomic mass is 16.4. The molecule has 1 aliphatic heterocycles. The number of aryl methyl sites for hydroxylation is 1. The summed E-state index contributed by atoms with van der Waals surface area (Å²) in [7, 11) is 0. The fourth-order valence-corrected chi connectivity index (χ4v) is 2.67. The zero-order valence-electron chi connectivity index (χ0n) is 10.9. The van der Waals surface area contributed by atoms with E-state index in [4.69, 9.17) is 5.11 Å². The first-order valence-corrected chi connectivity index (χ1v) is 6.65. The van der Waals surface area contributed by atoms with Gasteiger partial charge in [0.15, 0.2) is 0 Å². The smallest absolute Gasteiger partial charge is 0.304 e. The highest BCUT2D eigenvalue weighted by molar-refractivity contribution is 5.67. The van der Waals surface area contributed by atoms with Gasteiger partial charge in [0.2, 0.25) is 0 Å². The topological polar surface area (TPSA) is 58.4 Å². The first kappa shape index (κ1) is 13.1. The van der Waals surface area contributed by atoms with Gasteiger partial charge in [0, 0.05) is 25.3 Å². The average molecular weight is 251 g/mol. The van der Waals surface area contributed by atoms with Crippen molar-refractivity contribution < 1.29 is 9.90 Å². The van der Waals surface area contributed by atoms with Crippen LogP contribution in [0, 0.1) is 0 Å². The molecule has 1 aromatic rings. The van der Waals surface area contributed by atoms with Gasteiger partial charge in [-0.3, -0.25) is 9.69 Å². The summed E-state index contributed by atoms with van der Waals surface area (Å²) < 4.78 is 2.16. The van der Waals surface area contributed by atoms with Crippen LogP contribution in [0.25, 0.3) is 0 Å². The Morgan fingerprint density at radius 3 is 3.17 bits per heavy atom. The van der Waals surface area contributed by atoms with E-state index in [1.165, 1.54) is 5.69 Å². The molecule has 0 amide bonds. The number of rotatable bonds is 6. The largest absolute Gasteiger partial charge is 0.481 e. The van der Waals surface area contributed by atoms with Gasteiger partial charge < -0.3 is 9.67 Å². The van der Waals surface area contributed by atoms with Crippen LogP contribution in [-0.4, -0.2) is 38.1 Å². The monoisotopic (exact) mass is 251 g/mol. The predicted molar refractivity (Wildman–Crippen MR) is 68.2 cm³/mol. The Morgan fingerprint density at radius 2 is 2.44 bits per heavy atom. The maximum Gasteiger partial charge on any atom is 0.304 e. The van der Waals surface area contributed by atoms with Crippen molar-refractivity contribution in [3.63, 3.8) is 0 Å². The van der Waals surface area contributed by atoms with Gasteiger partial charge in [0.1, 0.15) is 0 Å². The average Bonchev–Trinajstić information content (AvgIpc) is 2.91. The lowest BCUT2D eigenvalue weighted by atomic mass is 10.1. The summed E-state index contributed by atoms with van der Waals surface area (Å²) in [5, 5.41) is 8.91. The fraction of sp³-hybridized carbons (Fsp3) is 0.692. The molecule has 0 aromatic carbocycles. The molecule has 1 saturated heterocycles.